The standard InChI is InChI=1S/C17H19NO4/c1-4-18(5-2)13-7-6-12-9-14(15(20)8-11(3)19)17(21)22-16(12)10-13/h6-7,9-10H,4-5,8H2,1-3H3. The summed E-state index contributed by atoms with van der Waals surface area (Å²) in [4.78, 5) is 37.0. The highest BCUT2D eigenvalue weighted by Crippen LogP contribution is 2.22. The maximum absolute atomic E-state index is 12.0. The van der Waals surface area contributed by atoms with Gasteiger partial charge in [0.15, 0.2) is 5.78 Å². The Bertz CT molecular complexity index is 772. The van der Waals surface area contributed by atoms with Gasteiger partial charge >= 0.3 is 5.63 Å². The monoisotopic (exact) mass is 301 g/mol. The summed E-state index contributed by atoms with van der Waals surface area (Å²) in [5, 5.41) is 0.669. The molecule has 0 spiro atoms. The van der Waals surface area contributed by atoms with Crippen LogP contribution in [-0.4, -0.2) is 24.7 Å². The van der Waals surface area contributed by atoms with Crippen LogP contribution in [0, 0.1) is 0 Å². The SMILES string of the molecule is CCN(CC)c1ccc2cc(C(=O)CC(C)=O)c(=O)oc2c1. The van der Waals surface area contributed by atoms with Crippen molar-refractivity contribution in [3.05, 3.63) is 40.2 Å². The zero-order chi connectivity index (χ0) is 16.3. The molecule has 5 heteroatoms. The van der Waals surface area contributed by atoms with Crippen LogP contribution >= 0.6 is 0 Å². The minimum absolute atomic E-state index is 0.0710. The van der Waals surface area contributed by atoms with Gasteiger partial charge in [0.1, 0.15) is 16.9 Å². The van der Waals surface area contributed by atoms with Crippen molar-refractivity contribution in [3.63, 3.8) is 0 Å². The number of carbonyl (C=O) groups excluding carboxylic acids is 2. The molecule has 0 aliphatic carbocycles. The predicted molar refractivity (Wildman–Crippen MR) is 85.7 cm³/mol. The molecule has 0 atom stereocenters. The van der Waals surface area contributed by atoms with Crippen molar-refractivity contribution in [3.8, 4) is 0 Å². The van der Waals surface area contributed by atoms with E-state index in [1.165, 1.54) is 13.0 Å². The fourth-order valence-corrected chi connectivity index (χ4v) is 2.40. The molecule has 5 nitrogen and oxygen atoms in total. The van der Waals surface area contributed by atoms with Crippen molar-refractivity contribution in [1.29, 1.82) is 0 Å². The maximum Gasteiger partial charge on any atom is 0.347 e. The molecule has 0 bridgehead atoms. The van der Waals surface area contributed by atoms with Crippen LogP contribution in [0.4, 0.5) is 5.69 Å². The third-order valence-corrected chi connectivity index (χ3v) is 3.56. The quantitative estimate of drug-likeness (QED) is 0.466. The van der Waals surface area contributed by atoms with Crippen molar-refractivity contribution in [1.82, 2.24) is 0 Å². The Labute approximate surface area is 128 Å². The molecule has 0 radical (unpaired) electrons. The molecule has 0 unspecified atom stereocenters. The van der Waals surface area contributed by atoms with Crippen LogP contribution in [0.15, 0.2) is 33.5 Å². The summed E-state index contributed by atoms with van der Waals surface area (Å²) >= 11 is 0. The number of fused-ring (bicyclic) bond motifs is 1. The molecule has 116 valence electrons. The molecule has 1 aromatic heterocycles. The van der Waals surface area contributed by atoms with E-state index < -0.39 is 11.4 Å². The minimum atomic E-state index is -0.699. The van der Waals surface area contributed by atoms with Crippen molar-refractivity contribution in [2.75, 3.05) is 18.0 Å². The largest absolute Gasteiger partial charge is 0.422 e. The first-order valence-corrected chi connectivity index (χ1v) is 7.31. The Hall–Kier alpha value is -2.43. The first kappa shape index (κ1) is 15.9. The normalized spacial score (nSPS) is 10.7. The zero-order valence-electron chi connectivity index (χ0n) is 13.0. The molecular weight excluding hydrogens is 282 g/mol. The molecule has 0 aliphatic heterocycles. The van der Waals surface area contributed by atoms with E-state index in [4.69, 9.17) is 4.42 Å². The molecule has 2 rings (SSSR count). The molecule has 1 aromatic carbocycles. The summed E-state index contributed by atoms with van der Waals surface area (Å²) in [6, 6.07) is 7.03. The van der Waals surface area contributed by atoms with Gasteiger partial charge in [-0.3, -0.25) is 9.59 Å². The number of Topliss-reactive ketones (excluding diaryl/α,β-unsaturated/α-hetero) is 2. The summed E-state index contributed by atoms with van der Waals surface area (Å²) < 4.78 is 5.26. The van der Waals surface area contributed by atoms with Gasteiger partial charge in [0.05, 0.1) is 6.42 Å². The summed E-state index contributed by atoms with van der Waals surface area (Å²) in [6.07, 6.45) is -0.284. The highest BCUT2D eigenvalue weighted by molar-refractivity contribution is 6.08. The molecule has 0 saturated heterocycles. The Morgan fingerprint density at radius 2 is 1.82 bits per heavy atom. The van der Waals surface area contributed by atoms with Gasteiger partial charge in [-0.15, -0.1) is 0 Å². The average Bonchev–Trinajstić information content (AvgIpc) is 2.46. The third-order valence-electron chi connectivity index (χ3n) is 3.56. The number of nitrogens with zero attached hydrogens (tertiary/aromatic N) is 1. The van der Waals surface area contributed by atoms with Crippen LogP contribution in [0.1, 0.15) is 37.6 Å². The lowest BCUT2D eigenvalue weighted by Crippen LogP contribution is -2.21. The molecule has 22 heavy (non-hydrogen) atoms. The Balaban J connectivity index is 2.48. The summed E-state index contributed by atoms with van der Waals surface area (Å²) in [7, 11) is 0. The predicted octanol–water partition coefficient (Wildman–Crippen LogP) is 2.80. The highest BCUT2D eigenvalue weighted by Gasteiger charge is 2.16. The van der Waals surface area contributed by atoms with Crippen LogP contribution in [0.2, 0.25) is 0 Å². The number of hydrogen-bond donors (Lipinski definition) is 0. The lowest BCUT2D eigenvalue weighted by molar-refractivity contribution is -0.116. The van der Waals surface area contributed by atoms with E-state index in [2.05, 4.69) is 4.90 Å². The number of anilines is 1. The first-order valence-electron chi connectivity index (χ1n) is 7.31. The van der Waals surface area contributed by atoms with Gasteiger partial charge in [-0.25, -0.2) is 4.79 Å². The van der Waals surface area contributed by atoms with Gasteiger partial charge in [0, 0.05) is 30.2 Å². The summed E-state index contributed by atoms with van der Waals surface area (Å²) in [6.45, 7) is 7.11. The van der Waals surface area contributed by atoms with Crippen LogP contribution < -0.4 is 10.5 Å². The fourth-order valence-electron chi connectivity index (χ4n) is 2.40. The zero-order valence-corrected chi connectivity index (χ0v) is 13.0. The van der Waals surface area contributed by atoms with E-state index in [1.807, 2.05) is 26.0 Å². The van der Waals surface area contributed by atoms with Crippen molar-refractivity contribution >= 4 is 28.2 Å². The summed E-state index contributed by atoms with van der Waals surface area (Å²) in [5.41, 5.74) is 0.631. The summed E-state index contributed by atoms with van der Waals surface area (Å²) in [5.74, 6) is -0.780. The molecule has 0 N–H and O–H groups in total. The smallest absolute Gasteiger partial charge is 0.347 e. The number of carbonyl (C=O) groups is 2. The number of ketones is 2. The van der Waals surface area contributed by atoms with Gasteiger partial charge in [-0.1, -0.05) is 0 Å². The second-order valence-electron chi connectivity index (χ2n) is 5.14. The van der Waals surface area contributed by atoms with Crippen molar-refractivity contribution in [2.45, 2.75) is 27.2 Å². The number of hydrogen-bond acceptors (Lipinski definition) is 5. The molecule has 0 aliphatic rings. The van der Waals surface area contributed by atoms with Gasteiger partial charge in [0.25, 0.3) is 0 Å². The van der Waals surface area contributed by atoms with E-state index in [1.54, 1.807) is 6.07 Å². The van der Waals surface area contributed by atoms with Gasteiger partial charge in [0.2, 0.25) is 0 Å². The van der Waals surface area contributed by atoms with Crippen molar-refractivity contribution in [2.24, 2.45) is 0 Å². The van der Waals surface area contributed by atoms with E-state index in [0.29, 0.717) is 11.0 Å². The van der Waals surface area contributed by atoms with Gasteiger partial charge in [-0.2, -0.15) is 0 Å². The van der Waals surface area contributed by atoms with Crippen molar-refractivity contribution < 1.29 is 14.0 Å². The second-order valence-corrected chi connectivity index (χ2v) is 5.14. The van der Waals surface area contributed by atoms with E-state index in [-0.39, 0.29) is 17.8 Å². The average molecular weight is 301 g/mol. The molecule has 2 aromatic rings. The van der Waals surface area contributed by atoms with Crippen LogP contribution in [0.3, 0.4) is 0 Å². The first-order chi connectivity index (χ1) is 10.5. The topological polar surface area (TPSA) is 67.6 Å². The fraction of sp³-hybridized carbons (Fsp3) is 0.353. The minimum Gasteiger partial charge on any atom is -0.422 e. The number of rotatable bonds is 6. The second kappa shape index (κ2) is 6.56. The molecule has 0 fully saturated rings. The number of benzene rings is 1. The molecule has 1 heterocycles. The molecular formula is C17H19NO4. The van der Waals surface area contributed by atoms with E-state index in [0.717, 1.165) is 18.8 Å². The van der Waals surface area contributed by atoms with E-state index >= 15 is 0 Å². The van der Waals surface area contributed by atoms with Crippen LogP contribution in [0.5, 0.6) is 0 Å². The Morgan fingerprint density at radius 1 is 1.14 bits per heavy atom. The van der Waals surface area contributed by atoms with Crippen LogP contribution in [0.25, 0.3) is 11.0 Å². The third kappa shape index (κ3) is 3.24. The Kier molecular flexibility index (Phi) is 4.75. The van der Waals surface area contributed by atoms with E-state index in [9.17, 15) is 14.4 Å². The van der Waals surface area contributed by atoms with Crippen LogP contribution in [-0.2, 0) is 4.79 Å². The maximum atomic E-state index is 12.0. The lowest BCUT2D eigenvalue weighted by atomic mass is 10.1. The highest BCUT2D eigenvalue weighted by atomic mass is 16.4. The lowest BCUT2D eigenvalue weighted by Gasteiger charge is -2.20. The Morgan fingerprint density at radius 3 is 2.41 bits per heavy atom. The van der Waals surface area contributed by atoms with Gasteiger partial charge in [-0.05, 0) is 39.0 Å². The van der Waals surface area contributed by atoms with Gasteiger partial charge < -0.3 is 9.32 Å². The molecule has 0 amide bonds. The molecule has 0 saturated carbocycles.